The van der Waals surface area contributed by atoms with Crippen LogP contribution in [-0.4, -0.2) is 19.5 Å². The maximum Gasteiger partial charge on any atom is 0.164 e. The molecule has 0 amide bonds. The minimum absolute atomic E-state index is 0.650. The summed E-state index contributed by atoms with van der Waals surface area (Å²) in [5.74, 6) is 1.95. The molecule has 2 aromatic heterocycles. The van der Waals surface area contributed by atoms with Crippen molar-refractivity contribution in [3.05, 3.63) is 194 Å². The molecule has 4 nitrogen and oxygen atoms in total. The lowest BCUT2D eigenvalue weighted by molar-refractivity contribution is 1.08. The van der Waals surface area contributed by atoms with Crippen LogP contribution in [-0.2, 0) is 0 Å². The molecule has 11 aromatic rings. The van der Waals surface area contributed by atoms with Gasteiger partial charge in [-0.3, -0.25) is 0 Å². The molecule has 4 heteroatoms. The second kappa shape index (κ2) is 12.6. The summed E-state index contributed by atoms with van der Waals surface area (Å²) < 4.78 is 2.38. The van der Waals surface area contributed by atoms with E-state index in [-0.39, 0.29) is 0 Å². The average molecular weight is 701 g/mol. The Labute approximate surface area is 317 Å². The van der Waals surface area contributed by atoms with E-state index in [9.17, 15) is 0 Å². The standard InChI is InChI=1S/C51H32N4/c1-4-15-33(16-5-1)49-52-50(34-17-6-2-7-18-34)54-51(53-49)44-25-14-24-42-38-21-10-11-22-39(38)45-31-35(28-30-43(45)48(42)44)36-27-29-41-40-23-12-13-26-46(40)55(47(41)32-36)37-19-8-3-9-20-37/h1-32H. The predicted octanol–water partition coefficient (Wildman–Crippen LogP) is 13.1. The first-order chi connectivity index (χ1) is 27.3. The van der Waals surface area contributed by atoms with E-state index in [2.05, 4.69) is 162 Å². The van der Waals surface area contributed by atoms with Crippen molar-refractivity contribution >= 4 is 54.1 Å². The zero-order valence-electron chi connectivity index (χ0n) is 29.8. The zero-order valence-corrected chi connectivity index (χ0v) is 29.8. The molecule has 256 valence electrons. The highest BCUT2D eigenvalue weighted by Crippen LogP contribution is 2.42. The van der Waals surface area contributed by atoms with E-state index in [1.54, 1.807) is 0 Å². The molecule has 0 aliphatic heterocycles. The molecular formula is C51H32N4. The Balaban J connectivity index is 1.16. The minimum Gasteiger partial charge on any atom is -0.309 e. The molecule has 11 rings (SSSR count). The minimum atomic E-state index is 0.650. The summed E-state index contributed by atoms with van der Waals surface area (Å²) in [7, 11) is 0. The van der Waals surface area contributed by atoms with Crippen LogP contribution in [0, 0.1) is 0 Å². The summed E-state index contributed by atoms with van der Waals surface area (Å²) >= 11 is 0. The summed E-state index contributed by atoms with van der Waals surface area (Å²) in [6.07, 6.45) is 0. The molecule has 9 aromatic carbocycles. The van der Waals surface area contributed by atoms with Crippen molar-refractivity contribution in [1.82, 2.24) is 19.5 Å². The number of hydrogen-bond donors (Lipinski definition) is 0. The van der Waals surface area contributed by atoms with Crippen LogP contribution in [0.15, 0.2) is 194 Å². The Morgan fingerprint density at radius 3 is 1.47 bits per heavy atom. The Bertz CT molecular complexity index is 3180. The zero-order chi connectivity index (χ0) is 36.3. The van der Waals surface area contributed by atoms with Crippen LogP contribution in [0.5, 0.6) is 0 Å². The highest BCUT2D eigenvalue weighted by Gasteiger charge is 2.19. The third-order valence-electron chi connectivity index (χ3n) is 10.8. The van der Waals surface area contributed by atoms with Gasteiger partial charge in [0, 0.05) is 38.5 Å². The molecule has 0 aliphatic rings. The molecule has 0 radical (unpaired) electrons. The van der Waals surface area contributed by atoms with E-state index in [1.165, 1.54) is 54.5 Å². The van der Waals surface area contributed by atoms with Crippen molar-refractivity contribution in [2.75, 3.05) is 0 Å². The fourth-order valence-corrected chi connectivity index (χ4v) is 8.31. The first kappa shape index (κ1) is 31.1. The smallest absolute Gasteiger partial charge is 0.164 e. The highest BCUT2D eigenvalue weighted by molar-refractivity contribution is 6.28. The largest absolute Gasteiger partial charge is 0.309 e. The van der Waals surface area contributed by atoms with Gasteiger partial charge in [0.05, 0.1) is 11.0 Å². The normalized spacial score (nSPS) is 11.6. The highest BCUT2D eigenvalue weighted by atomic mass is 15.0. The average Bonchev–Trinajstić information content (AvgIpc) is 3.60. The summed E-state index contributed by atoms with van der Waals surface area (Å²) in [4.78, 5) is 15.3. The number of aromatic nitrogens is 4. The van der Waals surface area contributed by atoms with Gasteiger partial charge in [0.25, 0.3) is 0 Å². The fraction of sp³-hybridized carbons (Fsp3) is 0. The van der Waals surface area contributed by atoms with Crippen molar-refractivity contribution < 1.29 is 0 Å². The van der Waals surface area contributed by atoms with E-state index < -0.39 is 0 Å². The number of nitrogens with zero attached hydrogens (tertiary/aromatic N) is 4. The second-order valence-electron chi connectivity index (χ2n) is 14.0. The van der Waals surface area contributed by atoms with Crippen LogP contribution in [0.2, 0.25) is 0 Å². The van der Waals surface area contributed by atoms with E-state index in [0.717, 1.165) is 33.2 Å². The lowest BCUT2D eigenvalue weighted by Crippen LogP contribution is -2.00. The molecule has 2 heterocycles. The van der Waals surface area contributed by atoms with Gasteiger partial charge in [0.1, 0.15) is 0 Å². The lowest BCUT2D eigenvalue weighted by atomic mass is 9.89. The van der Waals surface area contributed by atoms with Gasteiger partial charge in [-0.1, -0.05) is 164 Å². The van der Waals surface area contributed by atoms with Crippen molar-refractivity contribution in [3.63, 3.8) is 0 Å². The van der Waals surface area contributed by atoms with Crippen LogP contribution < -0.4 is 0 Å². The van der Waals surface area contributed by atoms with Gasteiger partial charge >= 0.3 is 0 Å². The van der Waals surface area contributed by atoms with E-state index in [1.807, 2.05) is 36.4 Å². The van der Waals surface area contributed by atoms with Crippen LogP contribution in [0.4, 0.5) is 0 Å². The number of rotatable bonds is 5. The molecule has 0 N–H and O–H groups in total. The third-order valence-corrected chi connectivity index (χ3v) is 10.8. The molecular weight excluding hydrogens is 669 g/mol. The maximum atomic E-state index is 5.16. The van der Waals surface area contributed by atoms with Gasteiger partial charge in [-0.05, 0) is 68.4 Å². The van der Waals surface area contributed by atoms with Crippen LogP contribution in [0.25, 0.3) is 105 Å². The first-order valence-corrected chi connectivity index (χ1v) is 18.6. The molecule has 0 bridgehead atoms. The Kier molecular flexibility index (Phi) is 7.14. The summed E-state index contributed by atoms with van der Waals surface area (Å²) in [6, 6.07) is 68.7. The van der Waals surface area contributed by atoms with Crippen LogP contribution in [0.1, 0.15) is 0 Å². The molecule has 55 heavy (non-hydrogen) atoms. The predicted molar refractivity (Wildman–Crippen MR) is 228 cm³/mol. The molecule has 0 atom stereocenters. The van der Waals surface area contributed by atoms with E-state index >= 15 is 0 Å². The van der Waals surface area contributed by atoms with Gasteiger partial charge in [-0.15, -0.1) is 0 Å². The quantitative estimate of drug-likeness (QED) is 0.168. The Morgan fingerprint density at radius 1 is 0.291 bits per heavy atom. The molecule has 0 saturated carbocycles. The molecule has 0 aliphatic carbocycles. The summed E-state index contributed by atoms with van der Waals surface area (Å²) in [6.45, 7) is 0. The summed E-state index contributed by atoms with van der Waals surface area (Å²) in [5, 5.41) is 9.57. The van der Waals surface area contributed by atoms with Crippen molar-refractivity contribution in [3.8, 4) is 51.0 Å². The van der Waals surface area contributed by atoms with Gasteiger partial charge in [-0.2, -0.15) is 0 Å². The van der Waals surface area contributed by atoms with E-state index in [0.29, 0.717) is 17.5 Å². The maximum absolute atomic E-state index is 5.16. The molecule has 0 unspecified atom stereocenters. The number of benzene rings is 9. The topological polar surface area (TPSA) is 43.6 Å². The first-order valence-electron chi connectivity index (χ1n) is 18.6. The number of fused-ring (bicyclic) bond motifs is 9. The molecule has 0 fully saturated rings. The second-order valence-corrected chi connectivity index (χ2v) is 14.0. The van der Waals surface area contributed by atoms with Gasteiger partial charge < -0.3 is 4.57 Å². The van der Waals surface area contributed by atoms with E-state index in [4.69, 9.17) is 15.0 Å². The Morgan fingerprint density at radius 2 is 0.782 bits per heavy atom. The number of para-hydroxylation sites is 2. The molecule has 0 spiro atoms. The monoisotopic (exact) mass is 700 g/mol. The third kappa shape index (κ3) is 5.11. The van der Waals surface area contributed by atoms with Crippen LogP contribution in [0.3, 0.4) is 0 Å². The van der Waals surface area contributed by atoms with Gasteiger partial charge in [-0.25, -0.2) is 15.0 Å². The van der Waals surface area contributed by atoms with Gasteiger partial charge in [0.2, 0.25) is 0 Å². The number of hydrogen-bond acceptors (Lipinski definition) is 3. The Hall–Kier alpha value is -7.43. The van der Waals surface area contributed by atoms with Crippen LogP contribution >= 0.6 is 0 Å². The van der Waals surface area contributed by atoms with Crippen molar-refractivity contribution in [2.45, 2.75) is 0 Å². The van der Waals surface area contributed by atoms with Crippen molar-refractivity contribution in [1.29, 1.82) is 0 Å². The van der Waals surface area contributed by atoms with Crippen molar-refractivity contribution in [2.24, 2.45) is 0 Å². The summed E-state index contributed by atoms with van der Waals surface area (Å²) in [5.41, 5.74) is 8.76. The van der Waals surface area contributed by atoms with Gasteiger partial charge in [0.15, 0.2) is 17.5 Å². The fourth-order valence-electron chi connectivity index (χ4n) is 8.31. The molecule has 0 saturated heterocycles. The lowest BCUT2D eigenvalue weighted by Gasteiger charge is -2.16. The SMILES string of the molecule is c1ccc(-c2nc(-c3ccccc3)nc(-c3cccc4c5ccccc5c5cc(-c6ccc7c8ccccc8n(-c8ccccc8)c7c6)ccc5c34)n2)cc1.